The van der Waals surface area contributed by atoms with E-state index in [1.165, 1.54) is 21.3 Å². The third-order valence-electron chi connectivity index (χ3n) is 11.8. The van der Waals surface area contributed by atoms with Crippen LogP contribution in [0.5, 0.6) is 23.0 Å². The Hall–Kier alpha value is -11.3. The van der Waals surface area contributed by atoms with Gasteiger partial charge in [-0.3, -0.25) is 29.4 Å². The Morgan fingerprint density at radius 3 is 1.42 bits per heavy atom. The second-order valence-electron chi connectivity index (χ2n) is 15.9. The Labute approximate surface area is 421 Å². The maximum Gasteiger partial charge on any atom is 0.418 e. The van der Waals surface area contributed by atoms with E-state index >= 15 is 0 Å². The molecule has 4 heterocycles. The largest absolute Gasteiger partial charge is 0.497 e. The zero-order valence-electron chi connectivity index (χ0n) is 39.8. The van der Waals surface area contributed by atoms with Crippen LogP contribution in [-0.4, -0.2) is 115 Å². The van der Waals surface area contributed by atoms with Gasteiger partial charge in [0.05, 0.1) is 38.1 Å². The van der Waals surface area contributed by atoms with Crippen LogP contribution in [0.4, 0.5) is 11.9 Å². The van der Waals surface area contributed by atoms with Gasteiger partial charge in [0.25, 0.3) is 11.9 Å². The van der Waals surface area contributed by atoms with Gasteiger partial charge < -0.3 is 30.6 Å². The molecule has 32 heteroatoms. The summed E-state index contributed by atoms with van der Waals surface area (Å²) in [6.07, 6.45) is -2.09. The van der Waals surface area contributed by atoms with Gasteiger partial charge in [0.1, 0.15) is 55.8 Å². The van der Waals surface area contributed by atoms with Gasteiger partial charge in [0.2, 0.25) is 33.8 Å². The van der Waals surface area contributed by atoms with Crippen LogP contribution < -0.4 is 41.5 Å². The van der Waals surface area contributed by atoms with Crippen LogP contribution in [0.2, 0.25) is 0 Å². The second-order valence-corrected chi connectivity index (χ2v) is 15.9. The number of H-pyrrole nitrogens is 2. The van der Waals surface area contributed by atoms with Gasteiger partial charge in [-0.1, -0.05) is 10.2 Å². The molecule has 4 aromatic carbocycles. The van der Waals surface area contributed by atoms with E-state index in [1.54, 1.807) is 79.9 Å². The smallest absolute Gasteiger partial charge is 0.418 e. The van der Waals surface area contributed by atoms with Crippen molar-refractivity contribution < 1.29 is 38.1 Å². The van der Waals surface area contributed by atoms with Crippen LogP contribution >= 0.6 is 0 Å². The molecule has 0 bridgehead atoms. The molecule has 12 N–H and O–H groups in total. The standard InChI is InChI=1S/C11H10N6O2.C11H9N6O2.C11H10N6O2.C11H9N6O2/c2*1-19-5-2-3-6-7(4-5)8-9(10(6)18)16-17(13)11(14-8)15-12;2*1-19-5-2-3-6-7(4-5)10(18)9-8(6)14-11(15-12)17(13)16-9/h2-4,12,16H,13H2,1H3;2-4,11-13H,1H3;2-4,12,16H,13H2,1H3;2-4,11-13H,1H3/q;+1;;+1. The summed E-state index contributed by atoms with van der Waals surface area (Å²) in [4.78, 5) is 68.3. The molecule has 32 nitrogen and oxygen atoms in total. The second kappa shape index (κ2) is 19.7. The molecular weight excluding hydrogens is 993 g/mol. The molecule has 0 saturated carbocycles. The highest BCUT2D eigenvalue weighted by Gasteiger charge is 2.43. The zero-order valence-corrected chi connectivity index (χ0v) is 39.8. The number of nitrogens with zero attached hydrogens (tertiary/aromatic N) is 14. The Morgan fingerprint density at radius 2 is 0.921 bits per heavy atom. The predicted octanol–water partition coefficient (Wildman–Crippen LogP) is 4.48. The van der Waals surface area contributed by atoms with Crippen molar-refractivity contribution in [3.63, 3.8) is 0 Å². The average Bonchev–Trinajstić information content (AvgIpc) is 4.09. The van der Waals surface area contributed by atoms with E-state index < -0.39 is 12.6 Å². The van der Waals surface area contributed by atoms with Gasteiger partial charge in [-0.15, -0.1) is 10.2 Å². The van der Waals surface area contributed by atoms with Crippen molar-refractivity contribution >= 4 is 67.9 Å². The van der Waals surface area contributed by atoms with Gasteiger partial charge in [-0.2, -0.15) is 19.6 Å². The number of nitrogens with two attached hydrogens (primary N) is 2. The predicted molar refractivity (Wildman–Crippen MR) is 261 cm³/mol. The molecule has 0 amide bonds. The lowest BCUT2D eigenvalue weighted by molar-refractivity contribution is -0.653. The van der Waals surface area contributed by atoms with Crippen LogP contribution in [-0.2, 0) is 0 Å². The van der Waals surface area contributed by atoms with Crippen molar-refractivity contribution in [3.05, 3.63) is 137 Å². The number of hydrazone groups is 2. The van der Waals surface area contributed by atoms with E-state index in [9.17, 15) is 19.2 Å². The Bertz CT molecular complexity index is 4270. The van der Waals surface area contributed by atoms with Gasteiger partial charge in [0, 0.05) is 54.0 Å². The summed E-state index contributed by atoms with van der Waals surface area (Å²) in [6.45, 7) is 0. The summed E-state index contributed by atoms with van der Waals surface area (Å²) in [7, 11) is 6.12. The number of ketones is 2. The fourth-order valence-corrected chi connectivity index (χ4v) is 8.18. The molecule has 4 aliphatic carbocycles. The molecule has 380 valence electrons. The first-order chi connectivity index (χ1) is 36.6. The lowest BCUT2D eigenvalue weighted by Gasteiger charge is -2.06. The first-order valence-corrected chi connectivity index (χ1v) is 21.7. The van der Waals surface area contributed by atoms with Crippen molar-refractivity contribution in [2.24, 2.45) is 40.6 Å². The lowest BCUT2D eigenvalue weighted by atomic mass is 10.1. The maximum absolute atomic E-state index is 12.2. The van der Waals surface area contributed by atoms with Gasteiger partial charge in [-0.25, -0.2) is 32.1 Å². The number of Topliss-reactive ketones (excluding diaryl/α,β-unsaturated/α-hetero) is 2. The fourth-order valence-electron chi connectivity index (χ4n) is 8.18. The summed E-state index contributed by atoms with van der Waals surface area (Å²) in [5, 5.41) is 29.5. The quantitative estimate of drug-likeness (QED) is 0.0572. The highest BCUT2D eigenvalue weighted by molar-refractivity contribution is 6.78. The summed E-state index contributed by atoms with van der Waals surface area (Å²) in [5.41, 5.74) is 45.6. The number of fused-ring (bicyclic) bond motifs is 10. The average molecular weight is 1030 g/mol. The van der Waals surface area contributed by atoms with Crippen LogP contribution in [0.15, 0.2) is 123 Å². The van der Waals surface area contributed by atoms with Crippen LogP contribution in [0.25, 0.3) is 21.5 Å². The molecular formula is C44H38N24O8+2. The molecule has 0 aromatic heterocycles. The number of benzene rings is 4. The minimum atomic E-state index is -1.05. The summed E-state index contributed by atoms with van der Waals surface area (Å²) < 4.78 is 20.4. The van der Waals surface area contributed by atoms with Crippen molar-refractivity contribution in [2.45, 2.75) is 12.6 Å². The minimum absolute atomic E-state index is 0.0183. The molecule has 2 atom stereocenters. The van der Waals surface area contributed by atoms with Gasteiger partial charge in [0.15, 0.2) is 0 Å². The number of carbonyl (C=O) groups is 2. The number of hydrogen-bond donors (Lipinski definition) is 10. The van der Waals surface area contributed by atoms with Gasteiger partial charge in [-0.05, 0) is 83.9 Å². The topological polar surface area (TPSA) is 472 Å². The van der Waals surface area contributed by atoms with Crippen LogP contribution in [0.1, 0.15) is 31.8 Å². The van der Waals surface area contributed by atoms with Crippen LogP contribution in [0, 0.1) is 54.6 Å². The molecule has 8 aliphatic rings. The number of rotatable bonds is 8. The van der Waals surface area contributed by atoms with Gasteiger partial charge >= 0.3 is 12.6 Å². The minimum Gasteiger partial charge on any atom is -0.497 e. The van der Waals surface area contributed by atoms with E-state index in [-0.39, 0.29) is 56.4 Å². The number of ether oxygens (including phenoxy) is 4. The summed E-state index contributed by atoms with van der Waals surface area (Å²) in [5.74, 6) is 12.9. The number of hydrogen-bond acceptors (Lipinski definition) is 24. The van der Waals surface area contributed by atoms with Crippen LogP contribution in [0.3, 0.4) is 0 Å². The Kier molecular flexibility index (Phi) is 12.9. The Balaban J connectivity index is 0.000000124. The van der Waals surface area contributed by atoms with Crippen molar-refractivity contribution in [3.8, 4) is 23.0 Å². The summed E-state index contributed by atoms with van der Waals surface area (Å²) >= 11 is 0. The van der Waals surface area contributed by atoms with Crippen molar-refractivity contribution in [2.75, 3.05) is 40.1 Å². The van der Waals surface area contributed by atoms with E-state index in [0.717, 1.165) is 9.58 Å². The number of methoxy groups -OCH3 is 4. The van der Waals surface area contributed by atoms with Crippen molar-refractivity contribution in [1.29, 1.82) is 33.2 Å². The molecule has 2 unspecified atom stereocenters. The third-order valence-corrected chi connectivity index (χ3v) is 11.8. The first-order valence-electron chi connectivity index (χ1n) is 21.7. The molecule has 76 heavy (non-hydrogen) atoms. The molecule has 0 fully saturated rings. The number of aromatic nitrogens is 6. The lowest BCUT2D eigenvalue weighted by Crippen LogP contribution is -2.29. The molecule has 0 saturated heterocycles. The van der Waals surface area contributed by atoms with E-state index in [1.807, 2.05) is 0 Å². The SMILES string of the molecule is COc1ccc2c(=O)c3[nH]n(N)c(N=N)nc=3c2c1.COc1ccc2c(c1)C(=O)C1=N[N+](=N)C(N=N)N=C12.COc1ccc2c(c1)C1=NC(N=N)[N+](=N)N=C1C2=O.COc1ccc2c3nc(N=N)n(N)[nH]c=3c(=O)c2c1. The maximum atomic E-state index is 12.2. The normalized spacial score (nSPS) is 15.7. The molecule has 4 aliphatic heterocycles. The molecule has 4 aromatic rings. The zero-order chi connectivity index (χ0) is 54.3. The summed E-state index contributed by atoms with van der Waals surface area (Å²) in [6, 6.07) is 20.3. The Morgan fingerprint density at radius 1 is 0.513 bits per heavy atom. The fraction of sp³-hybridized carbons (Fsp3) is 0.136. The number of nitrogens with one attached hydrogen (secondary N) is 8. The van der Waals surface area contributed by atoms with Crippen molar-refractivity contribution in [1.82, 2.24) is 29.7 Å². The molecule has 0 spiro atoms. The first kappa shape index (κ1) is 49.6. The monoisotopic (exact) mass is 1030 g/mol. The molecule has 12 rings (SSSR count). The highest BCUT2D eigenvalue weighted by atomic mass is 16.5. The third kappa shape index (κ3) is 8.37. The van der Waals surface area contributed by atoms with E-state index in [4.69, 9.17) is 63.8 Å². The number of aliphatic imine (C=N–C) groups is 2. The number of aromatic amines is 2. The highest BCUT2D eigenvalue weighted by Crippen LogP contribution is 2.30. The number of carbonyl (C=O) groups excluding carboxylic acids is 2. The van der Waals surface area contributed by atoms with E-state index in [2.05, 4.69) is 60.8 Å². The van der Waals surface area contributed by atoms with E-state index in [0.29, 0.717) is 98.5 Å². The molecule has 0 radical (unpaired) electrons. The number of nitrogen functional groups attached to an aromatic ring is 2.